The quantitative estimate of drug-likeness (QED) is 0.291. The van der Waals surface area contributed by atoms with E-state index in [-0.39, 0.29) is 29.8 Å². The fourth-order valence-electron chi connectivity index (χ4n) is 2.60. The predicted octanol–water partition coefficient (Wildman–Crippen LogP) is 4.40. The van der Waals surface area contributed by atoms with Crippen LogP contribution >= 0.6 is 24.0 Å². The van der Waals surface area contributed by atoms with Crippen LogP contribution in [-0.2, 0) is 13.0 Å². The molecule has 0 unspecified atom stereocenters. The van der Waals surface area contributed by atoms with Gasteiger partial charge in [0.15, 0.2) is 11.7 Å². The Morgan fingerprint density at radius 3 is 2.54 bits per heavy atom. The van der Waals surface area contributed by atoms with Gasteiger partial charge >= 0.3 is 0 Å². The van der Waals surface area contributed by atoms with Gasteiger partial charge in [0.25, 0.3) is 0 Å². The molecule has 0 radical (unpaired) electrons. The number of hydrogen-bond donors (Lipinski definition) is 2. The zero-order chi connectivity index (χ0) is 18.9. The van der Waals surface area contributed by atoms with Crippen LogP contribution in [0, 0.1) is 5.82 Å². The molecule has 0 spiro atoms. The first-order valence-corrected chi connectivity index (χ1v) is 9.02. The number of aromatic nitrogens is 1. The van der Waals surface area contributed by atoms with Gasteiger partial charge in [-0.25, -0.2) is 9.38 Å². The van der Waals surface area contributed by atoms with Crippen molar-refractivity contribution in [3.63, 3.8) is 0 Å². The Hall–Kier alpha value is -2.42. The topological polar surface area (TPSA) is 62.5 Å². The molecule has 0 aliphatic heterocycles. The zero-order valence-electron chi connectivity index (χ0n) is 15.7. The Bertz CT molecular complexity index is 866. The maximum Gasteiger partial charge on any atom is 0.191 e. The Balaban J connectivity index is 0.00000280. The first-order chi connectivity index (χ1) is 13.2. The first-order valence-electron chi connectivity index (χ1n) is 9.02. The van der Waals surface area contributed by atoms with Gasteiger partial charge in [0, 0.05) is 24.7 Å². The second kappa shape index (κ2) is 11.4. The molecule has 2 N–H and O–H groups in total. The normalized spacial score (nSPS) is 11.0. The van der Waals surface area contributed by atoms with Crippen LogP contribution in [-0.4, -0.2) is 24.2 Å². The number of guanidine groups is 1. The van der Waals surface area contributed by atoms with Crippen LogP contribution in [0.3, 0.4) is 0 Å². The molecular weight excluding hydrogens is 470 g/mol. The summed E-state index contributed by atoms with van der Waals surface area (Å²) in [5.74, 6) is 1.23. The zero-order valence-corrected chi connectivity index (χ0v) is 18.0. The minimum atomic E-state index is -0.218. The summed E-state index contributed by atoms with van der Waals surface area (Å²) in [4.78, 5) is 4.55. The second-order valence-electron chi connectivity index (χ2n) is 6.05. The maximum atomic E-state index is 13.0. The molecule has 0 saturated carbocycles. The average Bonchev–Trinajstić information content (AvgIpc) is 3.17. The van der Waals surface area contributed by atoms with Gasteiger partial charge in [0.2, 0.25) is 0 Å². The summed E-state index contributed by atoms with van der Waals surface area (Å²) in [6.07, 6.45) is 0.785. The third-order valence-electron chi connectivity index (χ3n) is 3.98. The molecule has 0 saturated heterocycles. The summed E-state index contributed by atoms with van der Waals surface area (Å²) in [6.45, 7) is 3.89. The Morgan fingerprint density at radius 2 is 1.82 bits per heavy atom. The maximum absolute atomic E-state index is 13.0. The molecule has 7 heteroatoms. The monoisotopic (exact) mass is 494 g/mol. The second-order valence-corrected chi connectivity index (χ2v) is 6.05. The lowest BCUT2D eigenvalue weighted by molar-refractivity contribution is 0.424. The SMILES string of the molecule is CCNC(=NCc1cc(-c2ccccc2)on1)NCCc1ccc(F)cc1.I. The summed E-state index contributed by atoms with van der Waals surface area (Å²) in [5, 5.41) is 10.6. The van der Waals surface area contributed by atoms with E-state index in [1.807, 2.05) is 43.3 Å². The average molecular weight is 494 g/mol. The lowest BCUT2D eigenvalue weighted by Gasteiger charge is -2.10. The van der Waals surface area contributed by atoms with Gasteiger partial charge in [-0.1, -0.05) is 47.6 Å². The number of aliphatic imine (C=N–C) groups is 1. The molecule has 0 aliphatic carbocycles. The van der Waals surface area contributed by atoms with E-state index < -0.39 is 0 Å². The molecule has 0 aliphatic rings. The van der Waals surface area contributed by atoms with Gasteiger partial charge in [0.05, 0.1) is 6.54 Å². The van der Waals surface area contributed by atoms with Crippen molar-refractivity contribution in [1.29, 1.82) is 0 Å². The van der Waals surface area contributed by atoms with Crippen molar-refractivity contribution >= 4 is 29.9 Å². The highest BCUT2D eigenvalue weighted by molar-refractivity contribution is 14.0. The third kappa shape index (κ3) is 6.63. The van der Waals surface area contributed by atoms with E-state index in [1.165, 1.54) is 12.1 Å². The number of nitrogens with zero attached hydrogens (tertiary/aromatic N) is 2. The number of halogens is 2. The lowest BCUT2D eigenvalue weighted by atomic mass is 10.1. The Kier molecular flexibility index (Phi) is 8.93. The van der Waals surface area contributed by atoms with E-state index in [9.17, 15) is 4.39 Å². The standard InChI is InChI=1S/C21H23FN4O.HI/c1-2-23-21(24-13-12-16-8-10-18(22)11-9-16)25-15-19-14-20(27-26-19)17-6-4-3-5-7-17;/h3-11,14H,2,12-13,15H2,1H3,(H2,23,24,25);1H. The van der Waals surface area contributed by atoms with Gasteiger partial charge in [-0.3, -0.25) is 0 Å². The third-order valence-corrected chi connectivity index (χ3v) is 3.98. The van der Waals surface area contributed by atoms with Gasteiger partial charge in [-0.15, -0.1) is 24.0 Å². The van der Waals surface area contributed by atoms with E-state index in [4.69, 9.17) is 4.52 Å². The molecule has 2 aromatic carbocycles. The summed E-state index contributed by atoms with van der Waals surface area (Å²) in [7, 11) is 0. The number of rotatable bonds is 7. The predicted molar refractivity (Wildman–Crippen MR) is 120 cm³/mol. The van der Waals surface area contributed by atoms with Crippen molar-refractivity contribution in [2.24, 2.45) is 4.99 Å². The fraction of sp³-hybridized carbons (Fsp3) is 0.238. The highest BCUT2D eigenvalue weighted by Crippen LogP contribution is 2.19. The van der Waals surface area contributed by atoms with Crippen LogP contribution in [0.15, 0.2) is 70.2 Å². The molecule has 5 nitrogen and oxygen atoms in total. The van der Waals surface area contributed by atoms with Crippen LogP contribution < -0.4 is 10.6 Å². The van der Waals surface area contributed by atoms with E-state index in [1.54, 1.807) is 12.1 Å². The van der Waals surface area contributed by atoms with Crippen LogP contribution in [0.1, 0.15) is 18.2 Å². The van der Waals surface area contributed by atoms with Crippen molar-refractivity contribution in [3.8, 4) is 11.3 Å². The van der Waals surface area contributed by atoms with Crippen molar-refractivity contribution < 1.29 is 8.91 Å². The largest absolute Gasteiger partial charge is 0.357 e. The molecule has 28 heavy (non-hydrogen) atoms. The summed E-state index contributed by atoms with van der Waals surface area (Å²) < 4.78 is 18.4. The van der Waals surface area contributed by atoms with Crippen molar-refractivity contribution in [1.82, 2.24) is 15.8 Å². The van der Waals surface area contributed by atoms with Crippen LogP contribution in [0.5, 0.6) is 0 Å². The highest BCUT2D eigenvalue weighted by Gasteiger charge is 2.06. The number of nitrogens with one attached hydrogen (secondary N) is 2. The van der Waals surface area contributed by atoms with Crippen molar-refractivity contribution in [2.75, 3.05) is 13.1 Å². The lowest BCUT2D eigenvalue weighted by Crippen LogP contribution is -2.38. The Labute approximate surface area is 181 Å². The molecular formula is C21H24FIN4O. The van der Waals surface area contributed by atoms with Crippen molar-refractivity contribution in [3.05, 3.63) is 77.7 Å². The minimum Gasteiger partial charge on any atom is -0.357 e. The molecule has 0 fully saturated rings. The van der Waals surface area contributed by atoms with Gasteiger partial charge in [-0.05, 0) is 31.0 Å². The molecule has 148 valence electrons. The minimum absolute atomic E-state index is 0. The van der Waals surface area contributed by atoms with Crippen LogP contribution in [0.2, 0.25) is 0 Å². The molecule has 3 rings (SSSR count). The van der Waals surface area contributed by atoms with E-state index in [0.717, 1.165) is 35.5 Å². The van der Waals surface area contributed by atoms with Gasteiger partial charge in [-0.2, -0.15) is 0 Å². The molecule has 3 aromatic rings. The van der Waals surface area contributed by atoms with Gasteiger partial charge < -0.3 is 15.2 Å². The molecule has 0 amide bonds. The van der Waals surface area contributed by atoms with E-state index in [2.05, 4.69) is 20.8 Å². The fourth-order valence-corrected chi connectivity index (χ4v) is 2.60. The van der Waals surface area contributed by atoms with Gasteiger partial charge in [0.1, 0.15) is 11.5 Å². The van der Waals surface area contributed by atoms with Crippen LogP contribution in [0.4, 0.5) is 4.39 Å². The van der Waals surface area contributed by atoms with E-state index in [0.29, 0.717) is 19.0 Å². The number of benzene rings is 2. The van der Waals surface area contributed by atoms with Crippen LogP contribution in [0.25, 0.3) is 11.3 Å². The summed E-state index contributed by atoms with van der Waals surface area (Å²) in [6, 6.07) is 18.3. The first kappa shape index (κ1) is 21.9. The molecule has 0 atom stereocenters. The van der Waals surface area contributed by atoms with E-state index >= 15 is 0 Å². The summed E-state index contributed by atoms with van der Waals surface area (Å²) in [5.41, 5.74) is 2.83. The smallest absolute Gasteiger partial charge is 0.191 e. The molecule has 1 aromatic heterocycles. The number of hydrogen-bond acceptors (Lipinski definition) is 3. The Morgan fingerprint density at radius 1 is 1.07 bits per heavy atom. The summed E-state index contributed by atoms with van der Waals surface area (Å²) >= 11 is 0. The molecule has 0 bridgehead atoms. The van der Waals surface area contributed by atoms with Crippen molar-refractivity contribution in [2.45, 2.75) is 19.9 Å². The highest BCUT2D eigenvalue weighted by atomic mass is 127. The molecule has 1 heterocycles.